The summed E-state index contributed by atoms with van der Waals surface area (Å²) in [5.41, 5.74) is 14.1. The molecule has 0 fully saturated rings. The van der Waals surface area contributed by atoms with Crippen molar-refractivity contribution in [3.8, 4) is 44.8 Å². The molecule has 0 saturated heterocycles. The van der Waals surface area contributed by atoms with Gasteiger partial charge in [0, 0.05) is 44.9 Å². The van der Waals surface area contributed by atoms with Gasteiger partial charge >= 0.3 is 0 Å². The average molecular weight is 781 g/mol. The van der Waals surface area contributed by atoms with Crippen molar-refractivity contribution < 1.29 is 8.83 Å². The first-order valence-corrected chi connectivity index (χ1v) is 20.6. The highest BCUT2D eigenvalue weighted by Gasteiger charge is 2.21. The van der Waals surface area contributed by atoms with Gasteiger partial charge in [-0.15, -0.1) is 0 Å². The highest BCUT2D eigenvalue weighted by Crippen LogP contribution is 2.45. The molecule has 0 radical (unpaired) electrons. The molecule has 0 amide bonds. The van der Waals surface area contributed by atoms with Crippen LogP contribution in [0.15, 0.2) is 227 Å². The van der Waals surface area contributed by atoms with Crippen LogP contribution in [0.25, 0.3) is 99.4 Å². The van der Waals surface area contributed by atoms with Crippen molar-refractivity contribution in [2.75, 3.05) is 4.90 Å². The molecule has 12 rings (SSSR count). The summed E-state index contributed by atoms with van der Waals surface area (Å²) in [5.74, 6) is 0.606. The number of oxazole rings is 1. The van der Waals surface area contributed by atoms with Crippen LogP contribution in [-0.4, -0.2) is 4.98 Å². The lowest BCUT2D eigenvalue weighted by Gasteiger charge is -2.27. The molecule has 0 aliphatic carbocycles. The van der Waals surface area contributed by atoms with E-state index in [0.717, 1.165) is 105 Å². The van der Waals surface area contributed by atoms with Crippen LogP contribution in [0.4, 0.5) is 17.1 Å². The van der Waals surface area contributed by atoms with Crippen LogP contribution in [0, 0.1) is 0 Å². The Morgan fingerprint density at radius 3 is 1.59 bits per heavy atom. The van der Waals surface area contributed by atoms with E-state index in [-0.39, 0.29) is 0 Å². The maximum Gasteiger partial charge on any atom is 0.227 e. The van der Waals surface area contributed by atoms with Crippen molar-refractivity contribution in [1.82, 2.24) is 4.98 Å². The van der Waals surface area contributed by atoms with E-state index < -0.39 is 0 Å². The molecule has 4 nitrogen and oxygen atoms in total. The first-order valence-electron chi connectivity index (χ1n) is 20.6. The molecule has 0 bridgehead atoms. The molecular weight excluding hydrogens is 745 g/mol. The highest BCUT2D eigenvalue weighted by molar-refractivity contribution is 6.21. The van der Waals surface area contributed by atoms with Gasteiger partial charge in [0.05, 0.1) is 0 Å². The zero-order chi connectivity index (χ0) is 40.3. The summed E-state index contributed by atoms with van der Waals surface area (Å²) in [6, 6.07) is 77.0. The minimum atomic E-state index is 0.606. The Labute approximate surface area is 352 Å². The maximum atomic E-state index is 6.72. The van der Waals surface area contributed by atoms with E-state index in [1.54, 1.807) is 0 Å². The molecule has 0 unspecified atom stereocenters. The van der Waals surface area contributed by atoms with Crippen LogP contribution in [0.2, 0.25) is 0 Å². The average Bonchev–Trinajstić information content (AvgIpc) is 3.94. The second kappa shape index (κ2) is 14.3. The van der Waals surface area contributed by atoms with Gasteiger partial charge in [-0.05, 0) is 116 Å². The van der Waals surface area contributed by atoms with E-state index >= 15 is 0 Å². The summed E-state index contributed by atoms with van der Waals surface area (Å²) in [7, 11) is 0. The van der Waals surface area contributed by atoms with Crippen molar-refractivity contribution in [1.29, 1.82) is 0 Å². The van der Waals surface area contributed by atoms with E-state index in [1.807, 2.05) is 36.4 Å². The maximum absolute atomic E-state index is 6.72. The fourth-order valence-electron chi connectivity index (χ4n) is 8.91. The van der Waals surface area contributed by atoms with E-state index in [1.165, 1.54) is 5.56 Å². The number of hydrogen-bond donors (Lipinski definition) is 0. The fourth-order valence-corrected chi connectivity index (χ4v) is 8.91. The largest absolute Gasteiger partial charge is 0.456 e. The Morgan fingerprint density at radius 1 is 0.344 bits per heavy atom. The lowest BCUT2D eigenvalue weighted by Crippen LogP contribution is -2.10. The van der Waals surface area contributed by atoms with Crippen LogP contribution in [0.3, 0.4) is 0 Å². The normalized spacial score (nSPS) is 11.6. The lowest BCUT2D eigenvalue weighted by molar-refractivity contribution is 0.623. The Kier molecular flexibility index (Phi) is 8.13. The second-order valence-electron chi connectivity index (χ2n) is 15.5. The Morgan fingerprint density at radius 2 is 0.885 bits per heavy atom. The van der Waals surface area contributed by atoms with E-state index in [9.17, 15) is 0 Å². The Bertz CT molecular complexity index is 3560. The third-order valence-corrected chi connectivity index (χ3v) is 11.9. The van der Waals surface area contributed by atoms with Gasteiger partial charge in [-0.1, -0.05) is 146 Å². The minimum absolute atomic E-state index is 0.606. The Balaban J connectivity index is 1.10. The molecule has 61 heavy (non-hydrogen) atoms. The Hall–Kier alpha value is -8.21. The number of hydrogen-bond acceptors (Lipinski definition) is 4. The van der Waals surface area contributed by atoms with E-state index in [4.69, 9.17) is 13.8 Å². The van der Waals surface area contributed by atoms with Crippen molar-refractivity contribution >= 4 is 71.6 Å². The molecule has 0 atom stereocenters. The van der Waals surface area contributed by atoms with E-state index in [2.05, 4.69) is 187 Å². The van der Waals surface area contributed by atoms with Gasteiger partial charge in [-0.25, -0.2) is 4.98 Å². The quantitative estimate of drug-likeness (QED) is 0.151. The van der Waals surface area contributed by atoms with Crippen LogP contribution in [0.1, 0.15) is 0 Å². The third-order valence-electron chi connectivity index (χ3n) is 11.9. The smallest absolute Gasteiger partial charge is 0.227 e. The summed E-state index contributed by atoms with van der Waals surface area (Å²) in [6.45, 7) is 0. The van der Waals surface area contributed by atoms with Gasteiger partial charge in [0.25, 0.3) is 0 Å². The molecule has 0 aliphatic rings. The first-order chi connectivity index (χ1) is 30.2. The molecule has 0 N–H and O–H groups in total. The van der Waals surface area contributed by atoms with Crippen molar-refractivity contribution in [3.05, 3.63) is 218 Å². The molecule has 0 saturated carbocycles. The minimum Gasteiger partial charge on any atom is -0.456 e. The molecule has 2 heterocycles. The number of fused-ring (bicyclic) bond motifs is 8. The molecule has 286 valence electrons. The monoisotopic (exact) mass is 780 g/mol. The number of anilines is 3. The van der Waals surface area contributed by atoms with Crippen molar-refractivity contribution in [3.63, 3.8) is 0 Å². The van der Waals surface area contributed by atoms with Crippen LogP contribution in [0.5, 0.6) is 0 Å². The summed E-state index contributed by atoms with van der Waals surface area (Å²) in [4.78, 5) is 7.33. The number of nitrogens with zero attached hydrogens (tertiary/aromatic N) is 2. The molecular formula is C57H36N2O2. The van der Waals surface area contributed by atoms with Crippen molar-refractivity contribution in [2.45, 2.75) is 0 Å². The number of aromatic nitrogens is 1. The molecule has 0 aliphatic heterocycles. The molecule has 4 heteroatoms. The van der Waals surface area contributed by atoms with Gasteiger partial charge in [-0.3, -0.25) is 0 Å². The number of rotatable bonds is 7. The topological polar surface area (TPSA) is 42.4 Å². The zero-order valence-corrected chi connectivity index (χ0v) is 33.0. The standard InChI is InChI=1S/C57H36N2O2/c1-5-13-37(14-6-1)39-21-26-44(27-22-39)59(45-28-31-49-48-30-24-43(38-15-7-2-8-16-38)33-53(48)60-54(49)36-45)46-34-50(40-17-9-3-10-18-40)47-29-23-41-25-32-52-56(55(41)51(47)35-46)61-57(58-52)42-19-11-4-12-20-42/h1-36H. The molecule has 2 aromatic heterocycles. The molecule has 10 aromatic carbocycles. The SMILES string of the molecule is c1ccc(-c2ccc(N(c3ccc4c(c3)oc3cc(-c5ccccc5)ccc34)c3cc(-c4ccccc4)c4ccc5ccc6nc(-c7ccccc7)oc6c5c4c3)cc2)cc1. The zero-order valence-electron chi connectivity index (χ0n) is 33.0. The summed E-state index contributed by atoms with van der Waals surface area (Å²) in [5, 5.41) is 6.51. The second-order valence-corrected chi connectivity index (χ2v) is 15.5. The van der Waals surface area contributed by atoms with Gasteiger partial charge < -0.3 is 13.7 Å². The number of benzene rings is 10. The third kappa shape index (κ3) is 6.04. The molecule has 12 aromatic rings. The highest BCUT2D eigenvalue weighted by atomic mass is 16.3. The van der Waals surface area contributed by atoms with Gasteiger partial charge in [-0.2, -0.15) is 0 Å². The van der Waals surface area contributed by atoms with Gasteiger partial charge in [0.1, 0.15) is 16.7 Å². The van der Waals surface area contributed by atoms with Crippen molar-refractivity contribution in [2.24, 2.45) is 0 Å². The molecule has 0 spiro atoms. The van der Waals surface area contributed by atoms with Crippen LogP contribution >= 0.6 is 0 Å². The summed E-state index contributed by atoms with van der Waals surface area (Å²) in [6.07, 6.45) is 0. The first kappa shape index (κ1) is 34.8. The van der Waals surface area contributed by atoms with Crippen LogP contribution in [-0.2, 0) is 0 Å². The lowest BCUT2D eigenvalue weighted by atomic mass is 9.93. The predicted molar refractivity (Wildman–Crippen MR) is 253 cm³/mol. The van der Waals surface area contributed by atoms with E-state index in [0.29, 0.717) is 5.89 Å². The van der Waals surface area contributed by atoms with Gasteiger partial charge in [0.2, 0.25) is 5.89 Å². The summed E-state index contributed by atoms with van der Waals surface area (Å²) < 4.78 is 13.4. The van der Waals surface area contributed by atoms with Crippen LogP contribution < -0.4 is 4.90 Å². The summed E-state index contributed by atoms with van der Waals surface area (Å²) >= 11 is 0. The predicted octanol–water partition coefficient (Wildman–Crippen LogP) is 16.2. The number of furan rings is 1. The fraction of sp³-hybridized carbons (Fsp3) is 0. The van der Waals surface area contributed by atoms with Gasteiger partial charge in [0.15, 0.2) is 5.58 Å².